The molecular formula is C16H18N2O3. The van der Waals surface area contributed by atoms with Crippen molar-refractivity contribution in [2.75, 3.05) is 19.9 Å². The largest absolute Gasteiger partial charge is 0.508 e. The summed E-state index contributed by atoms with van der Waals surface area (Å²) in [5, 5.41) is 9.48. The number of phenols is 1. The first-order valence-corrected chi connectivity index (χ1v) is 6.48. The Morgan fingerprint density at radius 3 is 2.76 bits per heavy atom. The average molecular weight is 286 g/mol. The third-order valence-corrected chi connectivity index (χ3v) is 3.17. The van der Waals surface area contributed by atoms with E-state index >= 15 is 0 Å². The van der Waals surface area contributed by atoms with Gasteiger partial charge < -0.3 is 20.5 Å². The molecule has 2 rings (SSSR count). The lowest BCUT2D eigenvalue weighted by Gasteiger charge is -2.18. The average Bonchev–Trinajstić information content (AvgIpc) is 2.49. The number of amides is 1. The Bertz CT molecular complexity index is 656. The van der Waals surface area contributed by atoms with Crippen molar-refractivity contribution >= 4 is 11.6 Å². The number of hydrogen-bond acceptors (Lipinski definition) is 4. The number of ether oxygens (including phenoxy) is 1. The maximum atomic E-state index is 12.4. The van der Waals surface area contributed by atoms with Crippen molar-refractivity contribution < 1.29 is 14.6 Å². The van der Waals surface area contributed by atoms with Crippen molar-refractivity contribution in [1.82, 2.24) is 4.90 Å². The molecule has 0 saturated carbocycles. The van der Waals surface area contributed by atoms with Crippen LogP contribution in [-0.2, 0) is 6.54 Å². The number of methoxy groups -OCH3 is 1. The van der Waals surface area contributed by atoms with Crippen LogP contribution in [0.3, 0.4) is 0 Å². The first kappa shape index (κ1) is 14.7. The van der Waals surface area contributed by atoms with Crippen LogP contribution in [0.4, 0.5) is 5.69 Å². The van der Waals surface area contributed by atoms with Gasteiger partial charge in [0.15, 0.2) is 0 Å². The number of anilines is 1. The second kappa shape index (κ2) is 6.17. The molecule has 0 aliphatic rings. The summed E-state index contributed by atoms with van der Waals surface area (Å²) in [6, 6.07) is 11.8. The number of rotatable bonds is 4. The number of carbonyl (C=O) groups excluding carboxylic acids is 1. The molecular weight excluding hydrogens is 268 g/mol. The summed E-state index contributed by atoms with van der Waals surface area (Å²) in [7, 11) is 3.28. The van der Waals surface area contributed by atoms with E-state index in [2.05, 4.69) is 0 Å². The molecule has 0 spiro atoms. The molecule has 0 fully saturated rings. The van der Waals surface area contributed by atoms with E-state index in [9.17, 15) is 9.90 Å². The van der Waals surface area contributed by atoms with E-state index in [1.165, 1.54) is 18.2 Å². The van der Waals surface area contributed by atoms with Crippen LogP contribution in [0.2, 0.25) is 0 Å². The molecule has 110 valence electrons. The Hall–Kier alpha value is -2.69. The number of carbonyl (C=O) groups is 1. The topological polar surface area (TPSA) is 75.8 Å². The van der Waals surface area contributed by atoms with Crippen LogP contribution in [0.15, 0.2) is 42.5 Å². The molecule has 2 aromatic rings. The quantitative estimate of drug-likeness (QED) is 0.667. The van der Waals surface area contributed by atoms with Crippen molar-refractivity contribution in [3.63, 3.8) is 0 Å². The lowest BCUT2D eigenvalue weighted by molar-refractivity contribution is 0.0785. The van der Waals surface area contributed by atoms with Crippen LogP contribution in [0.25, 0.3) is 0 Å². The molecule has 0 atom stereocenters. The number of benzene rings is 2. The minimum atomic E-state index is -0.244. The Morgan fingerprint density at radius 1 is 1.29 bits per heavy atom. The van der Waals surface area contributed by atoms with Gasteiger partial charge in [-0.15, -0.1) is 0 Å². The van der Waals surface area contributed by atoms with Gasteiger partial charge in [0.1, 0.15) is 11.5 Å². The summed E-state index contributed by atoms with van der Waals surface area (Å²) in [6.07, 6.45) is 0. The van der Waals surface area contributed by atoms with E-state index in [4.69, 9.17) is 10.5 Å². The Kier molecular flexibility index (Phi) is 4.33. The number of hydrogen-bond donors (Lipinski definition) is 2. The van der Waals surface area contributed by atoms with Crippen molar-refractivity contribution in [2.45, 2.75) is 6.54 Å². The van der Waals surface area contributed by atoms with Crippen LogP contribution < -0.4 is 10.5 Å². The van der Waals surface area contributed by atoms with Crippen molar-refractivity contribution in [3.05, 3.63) is 53.6 Å². The van der Waals surface area contributed by atoms with E-state index in [-0.39, 0.29) is 11.7 Å². The van der Waals surface area contributed by atoms with Gasteiger partial charge in [-0.1, -0.05) is 12.1 Å². The monoisotopic (exact) mass is 286 g/mol. The van der Waals surface area contributed by atoms with Gasteiger partial charge in [0.05, 0.1) is 12.7 Å². The molecule has 0 heterocycles. The fraction of sp³-hybridized carbons (Fsp3) is 0.188. The Labute approximate surface area is 123 Å². The molecule has 5 nitrogen and oxygen atoms in total. The highest BCUT2D eigenvalue weighted by Crippen LogP contribution is 2.21. The number of aromatic hydroxyl groups is 1. The minimum Gasteiger partial charge on any atom is -0.508 e. The molecule has 1 amide bonds. The second-order valence-corrected chi connectivity index (χ2v) is 4.78. The number of phenolic OH excluding ortho intramolecular Hbond substituents is 1. The number of nitrogens with two attached hydrogens (primary N) is 1. The van der Waals surface area contributed by atoms with Gasteiger partial charge in [0, 0.05) is 19.3 Å². The molecule has 0 bridgehead atoms. The lowest BCUT2D eigenvalue weighted by Crippen LogP contribution is -2.26. The first-order valence-electron chi connectivity index (χ1n) is 6.48. The summed E-state index contributed by atoms with van der Waals surface area (Å²) in [5.41, 5.74) is 7.37. The molecule has 0 unspecified atom stereocenters. The van der Waals surface area contributed by atoms with E-state index in [1.807, 2.05) is 24.3 Å². The summed E-state index contributed by atoms with van der Waals surface area (Å²) in [5.74, 6) is 0.513. The zero-order chi connectivity index (χ0) is 15.4. The highest BCUT2D eigenvalue weighted by Gasteiger charge is 2.15. The Balaban J connectivity index is 2.17. The maximum absolute atomic E-state index is 12.4. The Morgan fingerprint density at radius 2 is 2.05 bits per heavy atom. The predicted molar refractivity (Wildman–Crippen MR) is 81.3 cm³/mol. The summed E-state index contributed by atoms with van der Waals surface area (Å²) in [4.78, 5) is 13.9. The van der Waals surface area contributed by atoms with Crippen LogP contribution in [-0.4, -0.2) is 30.1 Å². The van der Waals surface area contributed by atoms with Gasteiger partial charge in [-0.05, 0) is 35.9 Å². The zero-order valence-electron chi connectivity index (χ0n) is 12.0. The van der Waals surface area contributed by atoms with Crippen LogP contribution in [0, 0.1) is 0 Å². The fourth-order valence-corrected chi connectivity index (χ4v) is 2.05. The summed E-state index contributed by atoms with van der Waals surface area (Å²) < 4.78 is 5.16. The maximum Gasteiger partial charge on any atom is 0.256 e. The van der Waals surface area contributed by atoms with Crippen LogP contribution >= 0.6 is 0 Å². The van der Waals surface area contributed by atoms with E-state index in [0.29, 0.717) is 17.8 Å². The van der Waals surface area contributed by atoms with Gasteiger partial charge in [0.2, 0.25) is 0 Å². The highest BCUT2D eigenvalue weighted by molar-refractivity contribution is 5.99. The third-order valence-electron chi connectivity index (χ3n) is 3.17. The summed E-state index contributed by atoms with van der Waals surface area (Å²) >= 11 is 0. The molecule has 0 radical (unpaired) electrons. The lowest BCUT2D eigenvalue weighted by atomic mass is 10.1. The molecule has 3 N–H and O–H groups in total. The fourth-order valence-electron chi connectivity index (χ4n) is 2.05. The van der Waals surface area contributed by atoms with E-state index < -0.39 is 0 Å². The van der Waals surface area contributed by atoms with Gasteiger partial charge in [-0.3, -0.25) is 4.79 Å². The third kappa shape index (κ3) is 3.45. The molecule has 0 aliphatic carbocycles. The minimum absolute atomic E-state index is 0.0160. The van der Waals surface area contributed by atoms with Gasteiger partial charge in [-0.2, -0.15) is 0 Å². The molecule has 21 heavy (non-hydrogen) atoms. The van der Waals surface area contributed by atoms with Crippen molar-refractivity contribution in [1.29, 1.82) is 0 Å². The van der Waals surface area contributed by atoms with E-state index in [0.717, 1.165) is 11.3 Å². The zero-order valence-corrected chi connectivity index (χ0v) is 12.0. The molecule has 0 aromatic heterocycles. The second-order valence-electron chi connectivity index (χ2n) is 4.78. The van der Waals surface area contributed by atoms with E-state index in [1.54, 1.807) is 19.1 Å². The van der Waals surface area contributed by atoms with Crippen molar-refractivity contribution in [3.8, 4) is 11.5 Å². The van der Waals surface area contributed by atoms with Crippen LogP contribution in [0.5, 0.6) is 11.5 Å². The number of nitrogens with zero attached hydrogens (tertiary/aromatic N) is 1. The number of nitrogen functional groups attached to an aromatic ring is 1. The summed E-state index contributed by atoms with van der Waals surface area (Å²) in [6.45, 7) is 0.422. The van der Waals surface area contributed by atoms with Gasteiger partial charge in [-0.25, -0.2) is 0 Å². The smallest absolute Gasteiger partial charge is 0.256 e. The normalized spacial score (nSPS) is 10.2. The van der Waals surface area contributed by atoms with Crippen LogP contribution in [0.1, 0.15) is 15.9 Å². The molecule has 0 saturated heterocycles. The SMILES string of the molecule is COc1cccc(CN(C)C(=O)c2cc(O)ccc2N)c1. The molecule has 0 aliphatic heterocycles. The first-order chi connectivity index (χ1) is 10.0. The predicted octanol–water partition coefficient (Wildman–Crippen LogP) is 2.26. The van der Waals surface area contributed by atoms with Gasteiger partial charge >= 0.3 is 0 Å². The molecule has 2 aromatic carbocycles. The highest BCUT2D eigenvalue weighted by atomic mass is 16.5. The standard InChI is InChI=1S/C16H18N2O3/c1-18(10-11-4-3-5-13(8-11)21-2)16(20)14-9-12(19)6-7-15(14)17/h3-9,19H,10,17H2,1-2H3. The molecule has 5 heteroatoms. The van der Waals surface area contributed by atoms with Gasteiger partial charge in [0.25, 0.3) is 5.91 Å². The van der Waals surface area contributed by atoms with Crippen molar-refractivity contribution in [2.24, 2.45) is 0 Å².